The first-order valence-electron chi connectivity index (χ1n) is 6.51. The third kappa shape index (κ3) is 3.85. The molecule has 0 amide bonds. The minimum absolute atomic E-state index is 0.0752. The SMILES string of the molecule is CC(CS(=O)(=O)c1ccccn1)c1cccc(C(F)(F)F)c1. The molecule has 1 atom stereocenters. The van der Waals surface area contributed by atoms with E-state index in [1.54, 1.807) is 19.1 Å². The van der Waals surface area contributed by atoms with E-state index >= 15 is 0 Å². The van der Waals surface area contributed by atoms with Gasteiger partial charge in [-0.3, -0.25) is 0 Å². The van der Waals surface area contributed by atoms with Gasteiger partial charge in [-0.1, -0.05) is 31.2 Å². The number of hydrogen-bond acceptors (Lipinski definition) is 3. The van der Waals surface area contributed by atoms with E-state index < -0.39 is 27.5 Å². The second-order valence-electron chi connectivity index (χ2n) is 4.97. The number of halogens is 3. The van der Waals surface area contributed by atoms with Crippen LogP contribution < -0.4 is 0 Å². The molecule has 1 unspecified atom stereocenters. The normalized spacial score (nSPS) is 13.8. The second kappa shape index (κ2) is 6.08. The van der Waals surface area contributed by atoms with Gasteiger partial charge in [0, 0.05) is 6.20 Å². The van der Waals surface area contributed by atoms with E-state index in [9.17, 15) is 21.6 Å². The molecule has 118 valence electrons. The van der Waals surface area contributed by atoms with Gasteiger partial charge in [0.2, 0.25) is 0 Å². The van der Waals surface area contributed by atoms with Crippen LogP contribution in [-0.2, 0) is 16.0 Å². The molecule has 1 heterocycles. The summed E-state index contributed by atoms with van der Waals surface area (Å²) in [4.78, 5) is 3.79. The minimum atomic E-state index is -4.45. The third-order valence-corrected chi connectivity index (χ3v) is 5.03. The van der Waals surface area contributed by atoms with E-state index in [0.717, 1.165) is 12.1 Å². The number of nitrogens with zero attached hydrogens (tertiary/aromatic N) is 1. The van der Waals surface area contributed by atoms with Crippen LogP contribution in [0.2, 0.25) is 0 Å². The van der Waals surface area contributed by atoms with Crippen LogP contribution in [0.5, 0.6) is 0 Å². The summed E-state index contributed by atoms with van der Waals surface area (Å²) in [5.41, 5.74) is -0.457. The topological polar surface area (TPSA) is 47.0 Å². The molecule has 3 nitrogen and oxygen atoms in total. The van der Waals surface area contributed by atoms with Gasteiger partial charge in [-0.15, -0.1) is 0 Å². The van der Waals surface area contributed by atoms with E-state index in [-0.39, 0.29) is 10.8 Å². The van der Waals surface area contributed by atoms with Crippen molar-refractivity contribution in [3.8, 4) is 0 Å². The van der Waals surface area contributed by atoms with E-state index in [0.29, 0.717) is 5.56 Å². The van der Waals surface area contributed by atoms with E-state index in [2.05, 4.69) is 4.98 Å². The van der Waals surface area contributed by atoms with Crippen LogP contribution in [0.4, 0.5) is 13.2 Å². The fraction of sp³-hybridized carbons (Fsp3) is 0.267. The molecule has 22 heavy (non-hydrogen) atoms. The summed E-state index contributed by atoms with van der Waals surface area (Å²) in [6, 6.07) is 9.23. The molecule has 1 aromatic carbocycles. The van der Waals surface area contributed by atoms with Crippen molar-refractivity contribution in [2.75, 3.05) is 5.75 Å². The molecule has 0 N–H and O–H groups in total. The van der Waals surface area contributed by atoms with Gasteiger partial charge in [0.15, 0.2) is 14.9 Å². The molecule has 0 aliphatic rings. The lowest BCUT2D eigenvalue weighted by molar-refractivity contribution is -0.137. The molecular formula is C15H14F3NO2S. The maximum absolute atomic E-state index is 12.7. The fourth-order valence-corrected chi connectivity index (χ4v) is 3.59. The van der Waals surface area contributed by atoms with Gasteiger partial charge < -0.3 is 0 Å². The maximum Gasteiger partial charge on any atom is 0.416 e. The lowest BCUT2D eigenvalue weighted by Crippen LogP contribution is -2.15. The number of rotatable bonds is 4. The number of alkyl halides is 3. The molecule has 0 saturated carbocycles. The van der Waals surface area contributed by atoms with Gasteiger partial charge in [-0.05, 0) is 29.7 Å². The molecule has 2 aromatic rings. The average Bonchev–Trinajstić information content (AvgIpc) is 2.47. The molecule has 0 bridgehead atoms. The standard InChI is InChI=1S/C15H14F3NO2S/c1-11(10-22(20,21)14-7-2-3-8-19-14)12-5-4-6-13(9-12)15(16,17)18/h2-9,11H,10H2,1H3. The van der Waals surface area contributed by atoms with Crippen LogP contribution in [0, 0.1) is 0 Å². The van der Waals surface area contributed by atoms with Gasteiger partial charge in [0.1, 0.15) is 0 Å². The van der Waals surface area contributed by atoms with Gasteiger partial charge in [-0.2, -0.15) is 13.2 Å². The molecular weight excluding hydrogens is 315 g/mol. The second-order valence-corrected chi connectivity index (χ2v) is 6.95. The number of sulfone groups is 1. The number of hydrogen-bond donors (Lipinski definition) is 0. The first kappa shape index (κ1) is 16.5. The molecule has 1 aromatic heterocycles. The fourth-order valence-electron chi connectivity index (χ4n) is 2.06. The van der Waals surface area contributed by atoms with Crippen LogP contribution in [-0.4, -0.2) is 19.2 Å². The van der Waals surface area contributed by atoms with E-state index in [1.807, 2.05) is 0 Å². The lowest BCUT2D eigenvalue weighted by atomic mass is 10.0. The zero-order valence-electron chi connectivity index (χ0n) is 11.7. The van der Waals surface area contributed by atoms with Crippen LogP contribution in [0.25, 0.3) is 0 Å². The van der Waals surface area contributed by atoms with Crippen molar-refractivity contribution in [3.63, 3.8) is 0 Å². The first-order chi connectivity index (χ1) is 10.2. The Balaban J connectivity index is 2.25. The monoisotopic (exact) mass is 329 g/mol. The molecule has 0 aliphatic carbocycles. The summed E-state index contributed by atoms with van der Waals surface area (Å²) in [5, 5.41) is -0.0752. The van der Waals surface area contributed by atoms with Gasteiger partial charge in [0.25, 0.3) is 0 Å². The zero-order valence-corrected chi connectivity index (χ0v) is 12.5. The highest BCUT2D eigenvalue weighted by atomic mass is 32.2. The Morgan fingerprint density at radius 3 is 2.45 bits per heavy atom. The Morgan fingerprint density at radius 2 is 1.86 bits per heavy atom. The first-order valence-corrected chi connectivity index (χ1v) is 8.16. The van der Waals surface area contributed by atoms with Crippen molar-refractivity contribution >= 4 is 9.84 Å². The Hall–Kier alpha value is -1.89. The summed E-state index contributed by atoms with van der Waals surface area (Å²) >= 11 is 0. The van der Waals surface area contributed by atoms with Crippen molar-refractivity contribution in [1.29, 1.82) is 0 Å². The highest BCUT2D eigenvalue weighted by molar-refractivity contribution is 7.91. The minimum Gasteiger partial charge on any atom is -0.245 e. The Kier molecular flexibility index (Phi) is 4.55. The molecule has 2 rings (SSSR count). The van der Waals surface area contributed by atoms with Crippen molar-refractivity contribution in [1.82, 2.24) is 4.98 Å². The average molecular weight is 329 g/mol. The maximum atomic E-state index is 12.7. The third-order valence-electron chi connectivity index (χ3n) is 3.21. The zero-order chi connectivity index (χ0) is 16.4. The van der Waals surface area contributed by atoms with Crippen LogP contribution in [0.1, 0.15) is 24.0 Å². The molecule has 7 heteroatoms. The number of aromatic nitrogens is 1. The van der Waals surface area contributed by atoms with Crippen molar-refractivity contribution in [2.45, 2.75) is 24.0 Å². The van der Waals surface area contributed by atoms with E-state index in [1.165, 1.54) is 24.4 Å². The van der Waals surface area contributed by atoms with Crippen LogP contribution in [0.15, 0.2) is 53.7 Å². The summed E-state index contributed by atoms with van der Waals surface area (Å²) in [6.45, 7) is 1.58. The van der Waals surface area contributed by atoms with Crippen LogP contribution >= 0.6 is 0 Å². The molecule has 0 aliphatic heterocycles. The summed E-state index contributed by atoms with van der Waals surface area (Å²) in [7, 11) is -3.65. The molecule has 0 radical (unpaired) electrons. The highest BCUT2D eigenvalue weighted by Gasteiger charge is 2.31. The summed E-state index contributed by atoms with van der Waals surface area (Å²) in [6.07, 6.45) is -3.09. The Labute approximate surface area is 126 Å². The summed E-state index contributed by atoms with van der Waals surface area (Å²) in [5.74, 6) is -0.875. The Morgan fingerprint density at radius 1 is 1.14 bits per heavy atom. The smallest absolute Gasteiger partial charge is 0.245 e. The highest BCUT2D eigenvalue weighted by Crippen LogP contribution is 2.31. The van der Waals surface area contributed by atoms with Crippen LogP contribution in [0.3, 0.4) is 0 Å². The van der Waals surface area contributed by atoms with Crippen molar-refractivity contribution in [3.05, 3.63) is 59.8 Å². The predicted octanol–water partition coefficient (Wildman–Crippen LogP) is 3.68. The number of benzene rings is 1. The largest absolute Gasteiger partial charge is 0.416 e. The van der Waals surface area contributed by atoms with Gasteiger partial charge >= 0.3 is 6.18 Å². The van der Waals surface area contributed by atoms with Crippen molar-refractivity contribution < 1.29 is 21.6 Å². The molecule has 0 spiro atoms. The van der Waals surface area contributed by atoms with E-state index in [4.69, 9.17) is 0 Å². The molecule has 0 saturated heterocycles. The van der Waals surface area contributed by atoms with Gasteiger partial charge in [0.05, 0.1) is 11.3 Å². The van der Waals surface area contributed by atoms with Crippen molar-refractivity contribution in [2.24, 2.45) is 0 Å². The Bertz CT molecular complexity index is 743. The van der Waals surface area contributed by atoms with Gasteiger partial charge in [-0.25, -0.2) is 13.4 Å². The number of pyridine rings is 1. The molecule has 0 fully saturated rings. The summed E-state index contributed by atoms with van der Waals surface area (Å²) < 4.78 is 62.5. The lowest BCUT2D eigenvalue weighted by Gasteiger charge is -2.14. The predicted molar refractivity (Wildman–Crippen MR) is 76.1 cm³/mol. The quantitative estimate of drug-likeness (QED) is 0.860.